The van der Waals surface area contributed by atoms with Crippen LogP contribution in [0, 0.1) is 0 Å². The third kappa shape index (κ3) is 4.44. The van der Waals surface area contributed by atoms with E-state index in [1.165, 1.54) is 23.1 Å². The summed E-state index contributed by atoms with van der Waals surface area (Å²) in [7, 11) is 1.56. The van der Waals surface area contributed by atoms with Gasteiger partial charge in [0.25, 0.3) is 0 Å². The van der Waals surface area contributed by atoms with Crippen LogP contribution in [-0.2, 0) is 9.59 Å². The molecule has 0 aliphatic carbocycles. The van der Waals surface area contributed by atoms with E-state index in [1.807, 2.05) is 6.92 Å². The van der Waals surface area contributed by atoms with Gasteiger partial charge in [0, 0.05) is 18.6 Å². The highest BCUT2D eigenvalue weighted by molar-refractivity contribution is 6.39. The summed E-state index contributed by atoms with van der Waals surface area (Å²) in [6, 6.07) is 4.22. The van der Waals surface area contributed by atoms with Crippen LogP contribution in [0.1, 0.15) is 19.8 Å². The Morgan fingerprint density at radius 1 is 1.42 bits per heavy atom. The first-order valence-corrected chi connectivity index (χ1v) is 6.38. The van der Waals surface area contributed by atoms with Crippen molar-refractivity contribution in [1.82, 2.24) is 4.90 Å². The number of nitrogens with one attached hydrogen (secondary N) is 1. The van der Waals surface area contributed by atoms with Crippen molar-refractivity contribution >= 4 is 29.1 Å². The summed E-state index contributed by atoms with van der Waals surface area (Å²) in [6.07, 6.45) is 1.77. The first-order chi connectivity index (χ1) is 8.95. The summed E-state index contributed by atoms with van der Waals surface area (Å²) < 4.78 is 0. The van der Waals surface area contributed by atoms with Gasteiger partial charge in [0.05, 0.1) is 5.69 Å². The molecule has 0 radical (unpaired) electrons. The number of amides is 2. The van der Waals surface area contributed by atoms with Crippen LogP contribution in [0.25, 0.3) is 0 Å². The number of likely N-dealkylation sites (N-methyl/N-ethyl adjacent to an activating group) is 1. The van der Waals surface area contributed by atoms with Crippen molar-refractivity contribution in [2.45, 2.75) is 19.8 Å². The topological polar surface area (TPSA) is 69.6 Å². The average Bonchev–Trinajstić information content (AvgIpc) is 2.39. The Morgan fingerprint density at radius 2 is 2.11 bits per heavy atom. The van der Waals surface area contributed by atoms with E-state index in [1.54, 1.807) is 7.05 Å². The molecule has 6 heteroatoms. The number of benzene rings is 1. The Kier molecular flexibility index (Phi) is 5.63. The Bertz CT molecular complexity index is 477. The van der Waals surface area contributed by atoms with Crippen LogP contribution in [0.15, 0.2) is 18.2 Å². The van der Waals surface area contributed by atoms with Crippen molar-refractivity contribution in [3.8, 4) is 5.75 Å². The number of carbonyl (C=O) groups excluding carboxylic acids is 2. The van der Waals surface area contributed by atoms with Crippen molar-refractivity contribution in [2.24, 2.45) is 0 Å². The number of phenols is 1. The third-order valence-corrected chi connectivity index (χ3v) is 2.83. The van der Waals surface area contributed by atoms with E-state index >= 15 is 0 Å². The maximum absolute atomic E-state index is 11.7. The molecular weight excluding hydrogens is 268 g/mol. The molecule has 19 heavy (non-hydrogen) atoms. The number of hydrogen-bond acceptors (Lipinski definition) is 3. The summed E-state index contributed by atoms with van der Waals surface area (Å²) >= 11 is 5.75. The minimum absolute atomic E-state index is 0.120. The predicted molar refractivity (Wildman–Crippen MR) is 74.3 cm³/mol. The highest BCUT2D eigenvalue weighted by Crippen LogP contribution is 2.26. The van der Waals surface area contributed by atoms with Gasteiger partial charge in [-0.1, -0.05) is 24.9 Å². The molecule has 1 aromatic carbocycles. The van der Waals surface area contributed by atoms with Crippen LogP contribution in [0.4, 0.5) is 5.69 Å². The zero-order valence-electron chi connectivity index (χ0n) is 10.9. The fraction of sp³-hybridized carbons (Fsp3) is 0.385. The van der Waals surface area contributed by atoms with Gasteiger partial charge >= 0.3 is 11.8 Å². The molecule has 0 spiro atoms. The normalized spacial score (nSPS) is 10.1. The lowest BCUT2D eigenvalue weighted by Gasteiger charge is -2.16. The van der Waals surface area contributed by atoms with Crippen LogP contribution < -0.4 is 5.32 Å². The van der Waals surface area contributed by atoms with Gasteiger partial charge in [0.1, 0.15) is 5.75 Å². The maximum Gasteiger partial charge on any atom is 0.313 e. The number of carbonyl (C=O) groups is 2. The van der Waals surface area contributed by atoms with Crippen LogP contribution >= 0.6 is 11.6 Å². The first kappa shape index (κ1) is 15.3. The summed E-state index contributed by atoms with van der Waals surface area (Å²) in [6.45, 7) is 2.52. The molecule has 0 aliphatic heterocycles. The molecular formula is C13H17ClN2O3. The number of anilines is 1. The number of aromatic hydroxyl groups is 1. The summed E-state index contributed by atoms with van der Waals surface area (Å²) in [5, 5.41) is 12.3. The van der Waals surface area contributed by atoms with E-state index < -0.39 is 11.8 Å². The number of phenolic OH excluding ortho intramolecular Hbond substituents is 1. The van der Waals surface area contributed by atoms with Crippen molar-refractivity contribution < 1.29 is 14.7 Å². The molecule has 1 rings (SSSR count). The summed E-state index contributed by atoms with van der Waals surface area (Å²) in [5.74, 6) is -1.58. The Balaban J connectivity index is 2.68. The molecule has 0 atom stereocenters. The third-order valence-electron chi connectivity index (χ3n) is 2.59. The molecule has 0 aliphatic rings. The minimum atomic E-state index is -0.795. The van der Waals surface area contributed by atoms with Gasteiger partial charge in [0.2, 0.25) is 0 Å². The van der Waals surface area contributed by atoms with Gasteiger partial charge < -0.3 is 15.3 Å². The molecule has 0 saturated heterocycles. The monoisotopic (exact) mass is 284 g/mol. The van der Waals surface area contributed by atoms with Gasteiger partial charge in [-0.05, 0) is 24.6 Å². The van der Waals surface area contributed by atoms with Crippen molar-refractivity contribution in [3.05, 3.63) is 23.2 Å². The van der Waals surface area contributed by atoms with Crippen LogP contribution in [0.5, 0.6) is 5.75 Å². The Hall–Kier alpha value is -1.75. The molecule has 0 aromatic heterocycles. The van der Waals surface area contributed by atoms with Gasteiger partial charge in [-0.3, -0.25) is 9.59 Å². The molecule has 104 valence electrons. The molecule has 0 bridgehead atoms. The highest BCUT2D eigenvalue weighted by Gasteiger charge is 2.19. The second-order valence-corrected chi connectivity index (χ2v) is 4.63. The van der Waals surface area contributed by atoms with Gasteiger partial charge in [-0.25, -0.2) is 0 Å². The Labute approximate surface area is 117 Å². The number of rotatable bonds is 4. The second-order valence-electron chi connectivity index (χ2n) is 4.20. The molecule has 0 heterocycles. The van der Waals surface area contributed by atoms with Gasteiger partial charge in [0.15, 0.2) is 0 Å². The number of unbranched alkanes of at least 4 members (excludes halogenated alkanes) is 1. The zero-order chi connectivity index (χ0) is 14.4. The lowest BCUT2D eigenvalue weighted by atomic mass is 10.3. The molecule has 2 N–H and O–H groups in total. The maximum atomic E-state index is 11.7. The fourth-order valence-corrected chi connectivity index (χ4v) is 1.63. The van der Waals surface area contributed by atoms with Crippen LogP contribution in [-0.4, -0.2) is 35.4 Å². The predicted octanol–water partition coefficient (Wildman–Crippen LogP) is 2.24. The first-order valence-electron chi connectivity index (χ1n) is 6.00. The highest BCUT2D eigenvalue weighted by atomic mass is 35.5. The SMILES string of the molecule is CCCCN(C)C(=O)C(=O)Nc1cc(Cl)ccc1O. The zero-order valence-corrected chi connectivity index (χ0v) is 11.7. The smallest absolute Gasteiger partial charge is 0.313 e. The summed E-state index contributed by atoms with van der Waals surface area (Å²) in [4.78, 5) is 24.8. The van der Waals surface area contributed by atoms with Crippen molar-refractivity contribution in [2.75, 3.05) is 18.9 Å². The average molecular weight is 285 g/mol. The van der Waals surface area contributed by atoms with E-state index in [2.05, 4.69) is 5.32 Å². The quantitative estimate of drug-likeness (QED) is 0.658. The number of nitrogens with zero attached hydrogens (tertiary/aromatic N) is 1. The Morgan fingerprint density at radius 3 is 2.74 bits per heavy atom. The standard InChI is InChI=1S/C13H17ClN2O3/c1-3-4-7-16(2)13(19)12(18)15-10-8-9(14)5-6-11(10)17/h5-6,8,17H,3-4,7H2,1-2H3,(H,15,18). The van der Waals surface area contributed by atoms with Crippen LogP contribution in [0.3, 0.4) is 0 Å². The lowest BCUT2D eigenvalue weighted by molar-refractivity contribution is -0.142. The second kappa shape index (κ2) is 6.99. The minimum Gasteiger partial charge on any atom is -0.506 e. The number of hydrogen-bond donors (Lipinski definition) is 2. The molecule has 5 nitrogen and oxygen atoms in total. The van der Waals surface area contributed by atoms with E-state index in [-0.39, 0.29) is 11.4 Å². The van der Waals surface area contributed by atoms with E-state index in [0.717, 1.165) is 12.8 Å². The lowest BCUT2D eigenvalue weighted by Crippen LogP contribution is -2.37. The summed E-state index contributed by atoms with van der Waals surface area (Å²) in [5.41, 5.74) is 0.120. The fourth-order valence-electron chi connectivity index (χ4n) is 1.45. The van der Waals surface area contributed by atoms with E-state index in [0.29, 0.717) is 11.6 Å². The molecule has 0 unspecified atom stereocenters. The molecule has 2 amide bonds. The van der Waals surface area contributed by atoms with Crippen molar-refractivity contribution in [3.63, 3.8) is 0 Å². The molecule has 0 fully saturated rings. The molecule has 0 saturated carbocycles. The largest absolute Gasteiger partial charge is 0.506 e. The van der Waals surface area contributed by atoms with Gasteiger partial charge in [-0.15, -0.1) is 0 Å². The number of halogens is 1. The van der Waals surface area contributed by atoms with E-state index in [4.69, 9.17) is 11.6 Å². The van der Waals surface area contributed by atoms with Crippen molar-refractivity contribution in [1.29, 1.82) is 0 Å². The van der Waals surface area contributed by atoms with Crippen LogP contribution in [0.2, 0.25) is 5.02 Å². The molecule has 1 aromatic rings. The van der Waals surface area contributed by atoms with Gasteiger partial charge in [-0.2, -0.15) is 0 Å². The van der Waals surface area contributed by atoms with E-state index in [9.17, 15) is 14.7 Å².